The van der Waals surface area contributed by atoms with Gasteiger partial charge < -0.3 is 10.2 Å². The standard InChI is InChI=1S/C18H22ClF3N2O2/c1-2-3-4-16(25)24-9-7-12(8-10-24)17(26)23-15-11-13(18(20,21)22)5-6-14(15)19/h5-6,11-12H,2-4,7-10H2,1H3,(H,23,26). The molecule has 4 nitrogen and oxygen atoms in total. The lowest BCUT2D eigenvalue weighted by atomic mass is 9.95. The molecule has 2 rings (SSSR count). The Balaban J connectivity index is 1.94. The summed E-state index contributed by atoms with van der Waals surface area (Å²) in [6.07, 6.45) is -1.24. The van der Waals surface area contributed by atoms with E-state index < -0.39 is 11.7 Å². The fourth-order valence-corrected chi connectivity index (χ4v) is 3.07. The number of amides is 2. The molecule has 0 radical (unpaired) electrons. The first-order chi connectivity index (χ1) is 12.2. The number of carbonyl (C=O) groups is 2. The second-order valence-corrected chi connectivity index (χ2v) is 6.85. The van der Waals surface area contributed by atoms with Crippen molar-refractivity contribution in [2.45, 2.75) is 45.2 Å². The molecule has 1 heterocycles. The molecule has 1 aromatic rings. The van der Waals surface area contributed by atoms with Crippen molar-refractivity contribution in [3.63, 3.8) is 0 Å². The number of nitrogens with zero attached hydrogens (tertiary/aromatic N) is 1. The summed E-state index contributed by atoms with van der Waals surface area (Å²) in [6.45, 7) is 2.98. The van der Waals surface area contributed by atoms with Crippen molar-refractivity contribution in [1.82, 2.24) is 4.90 Å². The second kappa shape index (κ2) is 8.75. The Hall–Kier alpha value is -1.76. The average molecular weight is 391 g/mol. The molecule has 1 fully saturated rings. The highest BCUT2D eigenvalue weighted by atomic mass is 35.5. The van der Waals surface area contributed by atoms with Crippen LogP contribution in [0.25, 0.3) is 0 Å². The van der Waals surface area contributed by atoms with E-state index in [-0.39, 0.29) is 28.4 Å². The van der Waals surface area contributed by atoms with Crippen LogP contribution in [0.2, 0.25) is 5.02 Å². The van der Waals surface area contributed by atoms with Gasteiger partial charge in [0.25, 0.3) is 0 Å². The maximum absolute atomic E-state index is 12.8. The van der Waals surface area contributed by atoms with E-state index in [9.17, 15) is 22.8 Å². The zero-order valence-corrected chi connectivity index (χ0v) is 15.3. The number of halogens is 4. The predicted octanol–water partition coefficient (Wildman–Crippen LogP) is 4.73. The summed E-state index contributed by atoms with van der Waals surface area (Å²) in [6, 6.07) is 2.83. The summed E-state index contributed by atoms with van der Waals surface area (Å²) in [7, 11) is 0. The highest BCUT2D eigenvalue weighted by molar-refractivity contribution is 6.33. The van der Waals surface area contributed by atoms with E-state index >= 15 is 0 Å². The van der Waals surface area contributed by atoms with Crippen LogP contribution in [0.3, 0.4) is 0 Å². The van der Waals surface area contributed by atoms with Crippen LogP contribution in [0.4, 0.5) is 18.9 Å². The van der Waals surface area contributed by atoms with E-state index in [1.807, 2.05) is 6.92 Å². The van der Waals surface area contributed by atoms with Gasteiger partial charge in [0.2, 0.25) is 11.8 Å². The molecule has 0 spiro atoms. The van der Waals surface area contributed by atoms with Gasteiger partial charge in [-0.25, -0.2) is 0 Å². The van der Waals surface area contributed by atoms with Crippen LogP contribution >= 0.6 is 11.6 Å². The predicted molar refractivity (Wildman–Crippen MR) is 93.9 cm³/mol. The number of anilines is 1. The van der Waals surface area contributed by atoms with Gasteiger partial charge in [-0.1, -0.05) is 24.9 Å². The minimum Gasteiger partial charge on any atom is -0.343 e. The lowest BCUT2D eigenvalue weighted by Crippen LogP contribution is -2.41. The van der Waals surface area contributed by atoms with E-state index in [4.69, 9.17) is 11.6 Å². The molecule has 8 heteroatoms. The van der Waals surface area contributed by atoms with E-state index in [0.717, 1.165) is 31.0 Å². The summed E-state index contributed by atoms with van der Waals surface area (Å²) < 4.78 is 38.4. The number of alkyl halides is 3. The minimum absolute atomic E-state index is 0.0482. The molecular formula is C18H22ClF3N2O2. The van der Waals surface area contributed by atoms with Crippen LogP contribution in [0.5, 0.6) is 0 Å². The van der Waals surface area contributed by atoms with Crippen LogP contribution < -0.4 is 5.32 Å². The van der Waals surface area contributed by atoms with Crippen LogP contribution in [-0.4, -0.2) is 29.8 Å². The maximum Gasteiger partial charge on any atom is 0.416 e. The Morgan fingerprint density at radius 1 is 1.27 bits per heavy atom. The van der Waals surface area contributed by atoms with Gasteiger partial charge in [0, 0.05) is 25.4 Å². The Morgan fingerprint density at radius 3 is 2.50 bits per heavy atom. The molecule has 0 aromatic heterocycles. The van der Waals surface area contributed by atoms with Crippen molar-refractivity contribution in [3.05, 3.63) is 28.8 Å². The Kier molecular flexibility index (Phi) is 6.92. The topological polar surface area (TPSA) is 49.4 Å². The fraction of sp³-hybridized carbons (Fsp3) is 0.556. The SMILES string of the molecule is CCCCC(=O)N1CCC(C(=O)Nc2cc(C(F)(F)F)ccc2Cl)CC1. The van der Waals surface area contributed by atoms with Crippen molar-refractivity contribution >= 4 is 29.1 Å². The molecule has 1 saturated heterocycles. The third-order valence-corrected chi connectivity index (χ3v) is 4.84. The number of likely N-dealkylation sites (tertiary alicyclic amines) is 1. The number of unbranched alkanes of at least 4 members (excludes halogenated alkanes) is 1. The summed E-state index contributed by atoms with van der Waals surface area (Å²) in [4.78, 5) is 26.1. The van der Waals surface area contributed by atoms with E-state index in [1.165, 1.54) is 0 Å². The lowest BCUT2D eigenvalue weighted by Gasteiger charge is -2.31. The van der Waals surface area contributed by atoms with Gasteiger partial charge in [-0.2, -0.15) is 13.2 Å². The first kappa shape index (κ1) is 20.6. The van der Waals surface area contributed by atoms with Crippen molar-refractivity contribution < 1.29 is 22.8 Å². The third kappa shape index (κ3) is 5.37. The fourth-order valence-electron chi connectivity index (χ4n) is 2.91. The average Bonchev–Trinajstić information content (AvgIpc) is 2.60. The van der Waals surface area contributed by atoms with E-state index in [0.29, 0.717) is 32.4 Å². The molecule has 1 aliphatic rings. The van der Waals surface area contributed by atoms with Crippen molar-refractivity contribution in [1.29, 1.82) is 0 Å². The van der Waals surface area contributed by atoms with E-state index in [2.05, 4.69) is 5.32 Å². The van der Waals surface area contributed by atoms with Gasteiger partial charge in [-0.15, -0.1) is 0 Å². The van der Waals surface area contributed by atoms with Crippen LogP contribution in [0, 0.1) is 5.92 Å². The number of hydrogen-bond donors (Lipinski definition) is 1. The number of hydrogen-bond acceptors (Lipinski definition) is 2. The Bertz CT molecular complexity index is 656. The lowest BCUT2D eigenvalue weighted by molar-refractivity contribution is -0.137. The molecule has 1 aromatic carbocycles. The van der Waals surface area contributed by atoms with Gasteiger partial charge >= 0.3 is 6.18 Å². The molecule has 144 valence electrons. The number of rotatable bonds is 5. The molecule has 0 atom stereocenters. The molecule has 0 unspecified atom stereocenters. The molecule has 0 bridgehead atoms. The van der Waals surface area contributed by atoms with Gasteiger partial charge in [-0.3, -0.25) is 9.59 Å². The summed E-state index contributed by atoms with van der Waals surface area (Å²) in [5.41, 5.74) is -0.915. The normalized spacial score (nSPS) is 15.8. The van der Waals surface area contributed by atoms with Gasteiger partial charge in [-0.05, 0) is 37.5 Å². The van der Waals surface area contributed by atoms with Crippen LogP contribution in [0.15, 0.2) is 18.2 Å². The number of benzene rings is 1. The molecule has 1 N–H and O–H groups in total. The van der Waals surface area contributed by atoms with Gasteiger partial charge in [0.05, 0.1) is 16.3 Å². The highest BCUT2D eigenvalue weighted by Gasteiger charge is 2.32. The maximum atomic E-state index is 12.8. The Labute approximate surface area is 155 Å². The molecule has 2 amide bonds. The molecule has 26 heavy (non-hydrogen) atoms. The first-order valence-corrected chi connectivity index (χ1v) is 9.05. The summed E-state index contributed by atoms with van der Waals surface area (Å²) in [5.74, 6) is -0.630. The van der Waals surface area contributed by atoms with Crippen LogP contribution in [0.1, 0.15) is 44.6 Å². The van der Waals surface area contributed by atoms with Crippen LogP contribution in [-0.2, 0) is 15.8 Å². The van der Waals surface area contributed by atoms with Gasteiger partial charge in [0.15, 0.2) is 0 Å². The molecule has 0 saturated carbocycles. The minimum atomic E-state index is -4.51. The first-order valence-electron chi connectivity index (χ1n) is 8.67. The summed E-state index contributed by atoms with van der Waals surface area (Å²) in [5, 5.41) is 2.55. The monoisotopic (exact) mass is 390 g/mol. The smallest absolute Gasteiger partial charge is 0.343 e. The quantitative estimate of drug-likeness (QED) is 0.790. The number of carbonyl (C=O) groups excluding carboxylic acids is 2. The highest BCUT2D eigenvalue weighted by Crippen LogP contribution is 2.34. The van der Waals surface area contributed by atoms with Gasteiger partial charge in [0.1, 0.15) is 0 Å². The second-order valence-electron chi connectivity index (χ2n) is 6.44. The van der Waals surface area contributed by atoms with Crippen molar-refractivity contribution in [3.8, 4) is 0 Å². The zero-order valence-electron chi connectivity index (χ0n) is 14.5. The molecule has 1 aliphatic heterocycles. The van der Waals surface area contributed by atoms with Crippen molar-refractivity contribution in [2.24, 2.45) is 5.92 Å². The van der Waals surface area contributed by atoms with Crippen molar-refractivity contribution in [2.75, 3.05) is 18.4 Å². The molecular weight excluding hydrogens is 369 g/mol. The third-order valence-electron chi connectivity index (χ3n) is 4.51. The largest absolute Gasteiger partial charge is 0.416 e. The Morgan fingerprint density at radius 2 is 1.92 bits per heavy atom. The number of piperidine rings is 1. The molecule has 0 aliphatic carbocycles. The van der Waals surface area contributed by atoms with E-state index in [1.54, 1.807) is 4.90 Å². The zero-order chi connectivity index (χ0) is 19.3. The summed E-state index contributed by atoms with van der Waals surface area (Å²) >= 11 is 5.91. The number of nitrogens with one attached hydrogen (secondary N) is 1.